The Bertz CT molecular complexity index is 1040. The molecule has 0 saturated heterocycles. The van der Waals surface area contributed by atoms with Gasteiger partial charge in [0.1, 0.15) is 0 Å². The standard InChI is InChI=1S/C22H28ClN4P/c1-7-28(26(5)6,25-20-15-11-12-16(2)21(20)23)22-17(3)24-27(18(22)4)19-13-9-8-10-14-19/h8-15H,7H2,1-6H3/t28-/m1/s1. The molecule has 0 bridgehead atoms. The zero-order chi connectivity index (χ0) is 20.5. The van der Waals surface area contributed by atoms with E-state index >= 15 is 0 Å². The van der Waals surface area contributed by atoms with Crippen LogP contribution in [0.25, 0.3) is 5.69 Å². The third-order valence-electron chi connectivity index (χ3n) is 5.16. The highest BCUT2D eigenvalue weighted by atomic mass is 35.5. The van der Waals surface area contributed by atoms with Crippen LogP contribution in [0.2, 0.25) is 5.02 Å². The fourth-order valence-corrected chi connectivity index (χ4v) is 7.34. The van der Waals surface area contributed by atoms with Crippen molar-refractivity contribution in [2.24, 2.45) is 4.74 Å². The van der Waals surface area contributed by atoms with Crippen molar-refractivity contribution in [3.63, 3.8) is 0 Å². The van der Waals surface area contributed by atoms with Crippen molar-refractivity contribution in [3.8, 4) is 5.69 Å². The highest BCUT2D eigenvalue weighted by molar-refractivity contribution is 7.71. The molecule has 0 saturated carbocycles. The van der Waals surface area contributed by atoms with Crippen molar-refractivity contribution in [1.29, 1.82) is 0 Å². The molecule has 6 heteroatoms. The van der Waals surface area contributed by atoms with Gasteiger partial charge in [0.2, 0.25) is 0 Å². The SMILES string of the molecule is CC[P@](=Nc1cccc(C)c1Cl)(c1c(C)nn(-c2ccccc2)c1C)N(C)C. The van der Waals surface area contributed by atoms with E-state index in [1.807, 2.05) is 48.0 Å². The summed E-state index contributed by atoms with van der Waals surface area (Å²) in [6.45, 7) is 8.46. The molecule has 0 radical (unpaired) electrons. The third kappa shape index (κ3) is 3.57. The van der Waals surface area contributed by atoms with E-state index in [1.165, 1.54) is 5.30 Å². The molecule has 1 heterocycles. The molecule has 0 aliphatic rings. The Morgan fingerprint density at radius 2 is 1.71 bits per heavy atom. The summed E-state index contributed by atoms with van der Waals surface area (Å²) in [5, 5.41) is 6.85. The minimum atomic E-state index is -2.05. The molecule has 0 spiro atoms. The molecule has 148 valence electrons. The van der Waals surface area contributed by atoms with Crippen LogP contribution < -0.4 is 5.30 Å². The van der Waals surface area contributed by atoms with Gasteiger partial charge in [0.05, 0.1) is 40.3 Å². The van der Waals surface area contributed by atoms with Crippen LogP contribution in [-0.2, 0) is 0 Å². The predicted octanol–water partition coefficient (Wildman–Crippen LogP) is 6.11. The van der Waals surface area contributed by atoms with E-state index in [2.05, 4.69) is 51.7 Å². The van der Waals surface area contributed by atoms with Crippen molar-refractivity contribution < 1.29 is 0 Å². The lowest BCUT2D eigenvalue weighted by molar-refractivity contribution is 0.673. The summed E-state index contributed by atoms with van der Waals surface area (Å²) in [6, 6.07) is 16.3. The molecule has 4 nitrogen and oxygen atoms in total. The summed E-state index contributed by atoms with van der Waals surface area (Å²) < 4.78 is 9.63. The van der Waals surface area contributed by atoms with Gasteiger partial charge in [-0.3, -0.25) is 4.67 Å². The molecule has 1 atom stereocenters. The Balaban J connectivity index is 2.31. The van der Waals surface area contributed by atoms with Crippen molar-refractivity contribution in [2.45, 2.75) is 27.7 Å². The lowest BCUT2D eigenvalue weighted by Gasteiger charge is -2.31. The largest absolute Gasteiger partial charge is 0.272 e. The lowest BCUT2D eigenvalue weighted by atomic mass is 10.2. The van der Waals surface area contributed by atoms with Crippen LogP contribution in [0.3, 0.4) is 0 Å². The first-order chi connectivity index (χ1) is 13.3. The number of benzene rings is 2. The first-order valence-corrected chi connectivity index (χ1v) is 11.7. The topological polar surface area (TPSA) is 33.4 Å². The maximum absolute atomic E-state index is 6.61. The van der Waals surface area contributed by atoms with Gasteiger partial charge in [-0.1, -0.05) is 48.9 Å². The van der Waals surface area contributed by atoms with Gasteiger partial charge in [0, 0.05) is 0 Å². The maximum Gasteiger partial charge on any atom is 0.0822 e. The highest BCUT2D eigenvalue weighted by Gasteiger charge is 2.31. The Morgan fingerprint density at radius 1 is 1.04 bits per heavy atom. The highest BCUT2D eigenvalue weighted by Crippen LogP contribution is 2.54. The molecule has 1 aromatic heterocycles. The van der Waals surface area contributed by atoms with Crippen LogP contribution in [0.5, 0.6) is 0 Å². The first kappa shape index (κ1) is 20.9. The Kier molecular flexibility index (Phi) is 6.14. The maximum atomic E-state index is 6.61. The molecule has 0 unspecified atom stereocenters. The van der Waals surface area contributed by atoms with Crippen LogP contribution >= 0.6 is 18.8 Å². The van der Waals surface area contributed by atoms with E-state index in [0.717, 1.165) is 39.5 Å². The summed E-state index contributed by atoms with van der Waals surface area (Å²) in [7, 11) is 2.17. The summed E-state index contributed by atoms with van der Waals surface area (Å²) in [4.78, 5) is 0. The molecule has 0 N–H and O–H groups in total. The van der Waals surface area contributed by atoms with Gasteiger partial charge in [-0.2, -0.15) is 5.10 Å². The minimum absolute atomic E-state index is 0.730. The van der Waals surface area contributed by atoms with Crippen LogP contribution in [0.4, 0.5) is 5.69 Å². The number of halogens is 1. The first-order valence-electron chi connectivity index (χ1n) is 9.48. The van der Waals surface area contributed by atoms with Crippen molar-refractivity contribution in [2.75, 3.05) is 20.3 Å². The number of rotatable bonds is 5. The van der Waals surface area contributed by atoms with Gasteiger partial charge in [-0.15, -0.1) is 0 Å². The van der Waals surface area contributed by atoms with Gasteiger partial charge < -0.3 is 0 Å². The smallest absolute Gasteiger partial charge is 0.0822 e. The number of hydrogen-bond acceptors (Lipinski definition) is 2. The third-order valence-corrected chi connectivity index (χ3v) is 9.77. The minimum Gasteiger partial charge on any atom is -0.272 e. The van der Waals surface area contributed by atoms with E-state index < -0.39 is 7.21 Å². The van der Waals surface area contributed by atoms with Crippen LogP contribution in [0.1, 0.15) is 23.9 Å². The van der Waals surface area contributed by atoms with Gasteiger partial charge in [0.15, 0.2) is 0 Å². The summed E-state index contributed by atoms with van der Waals surface area (Å²) in [5.41, 5.74) is 5.13. The van der Waals surface area contributed by atoms with Crippen LogP contribution in [0.15, 0.2) is 53.3 Å². The second-order valence-electron chi connectivity index (χ2n) is 7.17. The Labute approximate surface area is 173 Å². The van der Waals surface area contributed by atoms with Crippen molar-refractivity contribution in [1.82, 2.24) is 14.5 Å². The van der Waals surface area contributed by atoms with Crippen LogP contribution in [0, 0.1) is 20.8 Å². The zero-order valence-electron chi connectivity index (χ0n) is 17.4. The van der Waals surface area contributed by atoms with E-state index in [1.54, 1.807) is 0 Å². The average Bonchev–Trinajstić information content (AvgIpc) is 2.98. The molecule has 3 aromatic rings. The molecule has 0 aliphatic heterocycles. The van der Waals surface area contributed by atoms with E-state index in [4.69, 9.17) is 21.4 Å². The van der Waals surface area contributed by atoms with Crippen LogP contribution in [-0.4, -0.2) is 34.7 Å². The second kappa shape index (κ2) is 8.24. The number of hydrogen-bond donors (Lipinski definition) is 0. The normalized spacial score (nSPS) is 13.6. The number of nitrogens with zero attached hydrogens (tertiary/aromatic N) is 4. The molecule has 0 amide bonds. The van der Waals surface area contributed by atoms with Crippen molar-refractivity contribution >= 4 is 29.8 Å². The second-order valence-corrected chi connectivity index (χ2v) is 11.1. The molecule has 0 fully saturated rings. The summed E-state index contributed by atoms with van der Waals surface area (Å²) >= 11 is 6.61. The monoisotopic (exact) mass is 414 g/mol. The number of aryl methyl sites for hydroxylation is 2. The molecule has 3 rings (SSSR count). The van der Waals surface area contributed by atoms with Gasteiger partial charge in [-0.05, 0) is 64.8 Å². The average molecular weight is 415 g/mol. The summed E-state index contributed by atoms with van der Waals surface area (Å²) in [5.74, 6) is 0. The quantitative estimate of drug-likeness (QED) is 0.472. The fourth-order valence-electron chi connectivity index (χ4n) is 3.71. The predicted molar refractivity (Wildman–Crippen MR) is 122 cm³/mol. The molecule has 2 aromatic carbocycles. The fraction of sp³-hybridized carbons (Fsp3) is 0.318. The number of aromatic nitrogens is 2. The van der Waals surface area contributed by atoms with E-state index in [-0.39, 0.29) is 0 Å². The van der Waals surface area contributed by atoms with E-state index in [0.29, 0.717) is 0 Å². The molecular weight excluding hydrogens is 387 g/mol. The molecular formula is C22H28ClN4P. The molecule has 0 aliphatic carbocycles. The van der Waals surface area contributed by atoms with Gasteiger partial charge in [0.25, 0.3) is 0 Å². The Hall–Kier alpha value is -1.87. The van der Waals surface area contributed by atoms with Crippen molar-refractivity contribution in [3.05, 3.63) is 70.5 Å². The number of para-hydroxylation sites is 1. The Morgan fingerprint density at radius 3 is 2.32 bits per heavy atom. The zero-order valence-corrected chi connectivity index (χ0v) is 19.1. The van der Waals surface area contributed by atoms with E-state index in [9.17, 15) is 0 Å². The van der Waals surface area contributed by atoms with Gasteiger partial charge >= 0.3 is 0 Å². The lowest BCUT2D eigenvalue weighted by Crippen LogP contribution is -2.23. The summed E-state index contributed by atoms with van der Waals surface area (Å²) in [6.07, 6.45) is 0.909. The van der Waals surface area contributed by atoms with Gasteiger partial charge in [-0.25, -0.2) is 9.43 Å². The molecule has 28 heavy (non-hydrogen) atoms.